The Kier molecular flexibility index (Phi) is 6.09. The lowest BCUT2D eigenvalue weighted by Gasteiger charge is -2.23. The molecule has 6 aromatic carbocycles. The highest BCUT2D eigenvalue weighted by atomic mass is 15.0. The lowest BCUT2D eigenvalue weighted by Crippen LogP contribution is -2.15. The zero-order valence-corrected chi connectivity index (χ0v) is 28.5. The first-order valence-corrected chi connectivity index (χ1v) is 17.5. The molecule has 0 saturated heterocycles. The number of pyridine rings is 1. The van der Waals surface area contributed by atoms with Gasteiger partial charge in [0.1, 0.15) is 0 Å². The Bertz CT molecular complexity index is 2810. The summed E-state index contributed by atoms with van der Waals surface area (Å²) in [6.07, 6.45) is 12.5. The second-order valence-corrected chi connectivity index (χ2v) is 14.5. The zero-order valence-electron chi connectivity index (χ0n) is 28.5. The molecule has 1 aliphatic carbocycles. The molecule has 5 bridgehead atoms. The molecule has 1 unspecified atom stereocenters. The third kappa shape index (κ3) is 4.05. The van der Waals surface area contributed by atoms with Crippen molar-refractivity contribution >= 4 is 48.9 Å². The van der Waals surface area contributed by atoms with Gasteiger partial charge in [-0.05, 0) is 116 Å². The number of hydrogen-bond acceptors (Lipinski definition) is 1. The Morgan fingerprint density at radius 1 is 0.700 bits per heavy atom. The summed E-state index contributed by atoms with van der Waals surface area (Å²) in [6.45, 7) is 11.6. The smallest absolute Gasteiger partial charge is 0.0622 e. The molecule has 1 aliphatic heterocycles. The summed E-state index contributed by atoms with van der Waals surface area (Å²) in [5, 5.41) is 7.54. The molecule has 50 heavy (non-hydrogen) atoms. The van der Waals surface area contributed by atoms with E-state index in [1.165, 1.54) is 71.2 Å². The van der Waals surface area contributed by atoms with Crippen LogP contribution in [0.15, 0.2) is 152 Å². The molecule has 0 amide bonds. The van der Waals surface area contributed by atoms with Crippen LogP contribution in [0.1, 0.15) is 48.9 Å². The predicted molar refractivity (Wildman–Crippen MR) is 212 cm³/mol. The van der Waals surface area contributed by atoms with Gasteiger partial charge in [0.05, 0.1) is 11.0 Å². The topological polar surface area (TPSA) is 17.8 Å². The number of benzene rings is 6. The van der Waals surface area contributed by atoms with E-state index in [4.69, 9.17) is 6.58 Å². The Hall–Kier alpha value is -5.99. The third-order valence-electron chi connectivity index (χ3n) is 11.3. The maximum absolute atomic E-state index is 4.79. The minimum atomic E-state index is -0.149. The maximum atomic E-state index is 4.79. The molecule has 0 N–H and O–H groups in total. The molecule has 10 rings (SSSR count). The van der Waals surface area contributed by atoms with E-state index in [0.29, 0.717) is 0 Å². The van der Waals surface area contributed by atoms with Crippen LogP contribution in [0.2, 0.25) is 0 Å². The number of aromatic nitrogens is 2. The fraction of sp³-hybridized carbons (Fsp3) is 0.104. The Balaban J connectivity index is 1.44. The number of rotatable bonds is 3. The SMILES string of the molecule is C=C1c2ccc3cc4c(cc3c2)-c2c(ccc3c5cc6ccccc6cc5n(c23)-c2cc(-c3cccnc3)cc(c2)C1/C=C\C=C/C)C4(C)C. The van der Waals surface area contributed by atoms with Gasteiger partial charge in [-0.1, -0.05) is 105 Å². The van der Waals surface area contributed by atoms with Crippen LogP contribution in [-0.4, -0.2) is 9.55 Å². The van der Waals surface area contributed by atoms with Crippen molar-refractivity contribution in [2.45, 2.75) is 32.1 Å². The van der Waals surface area contributed by atoms with Crippen molar-refractivity contribution in [3.63, 3.8) is 0 Å². The second-order valence-electron chi connectivity index (χ2n) is 14.5. The summed E-state index contributed by atoms with van der Waals surface area (Å²) in [4.78, 5) is 4.54. The third-order valence-corrected chi connectivity index (χ3v) is 11.3. The van der Waals surface area contributed by atoms with E-state index in [2.05, 4.69) is 158 Å². The fourth-order valence-corrected chi connectivity index (χ4v) is 8.76. The van der Waals surface area contributed by atoms with E-state index < -0.39 is 0 Å². The molecule has 0 spiro atoms. The van der Waals surface area contributed by atoms with Gasteiger partial charge in [-0.25, -0.2) is 0 Å². The normalized spacial score (nSPS) is 16.1. The van der Waals surface area contributed by atoms with E-state index in [0.717, 1.165) is 28.0 Å². The first-order valence-electron chi connectivity index (χ1n) is 17.5. The van der Waals surface area contributed by atoms with E-state index in [-0.39, 0.29) is 11.3 Å². The highest BCUT2D eigenvalue weighted by Crippen LogP contribution is 2.54. The average molecular weight is 641 g/mol. The molecule has 2 nitrogen and oxygen atoms in total. The minimum Gasteiger partial charge on any atom is -0.309 e. The lowest BCUT2D eigenvalue weighted by atomic mass is 9.81. The van der Waals surface area contributed by atoms with E-state index in [1.807, 2.05) is 18.5 Å². The molecule has 0 radical (unpaired) electrons. The van der Waals surface area contributed by atoms with Gasteiger partial charge < -0.3 is 4.57 Å². The van der Waals surface area contributed by atoms with Gasteiger partial charge in [0, 0.05) is 51.3 Å². The number of nitrogens with zero attached hydrogens (tertiary/aromatic N) is 2. The van der Waals surface area contributed by atoms with Crippen LogP contribution in [0, 0.1) is 0 Å². The average Bonchev–Trinajstić information content (AvgIpc) is 3.58. The van der Waals surface area contributed by atoms with Gasteiger partial charge in [0.25, 0.3) is 0 Å². The summed E-state index contributed by atoms with van der Waals surface area (Å²) in [5.74, 6) is -0.0469. The molecule has 0 fully saturated rings. The maximum Gasteiger partial charge on any atom is 0.0622 e. The minimum absolute atomic E-state index is 0.0469. The lowest BCUT2D eigenvalue weighted by molar-refractivity contribution is 0.661. The van der Waals surface area contributed by atoms with Crippen LogP contribution < -0.4 is 0 Å². The quantitative estimate of drug-likeness (QED) is 0.176. The summed E-state index contributed by atoms with van der Waals surface area (Å²) in [5.41, 5.74) is 14.6. The van der Waals surface area contributed by atoms with Gasteiger partial charge >= 0.3 is 0 Å². The van der Waals surface area contributed by atoms with E-state index in [1.54, 1.807) is 0 Å². The van der Waals surface area contributed by atoms with Gasteiger partial charge in [0.15, 0.2) is 0 Å². The predicted octanol–water partition coefficient (Wildman–Crippen LogP) is 12.7. The summed E-state index contributed by atoms with van der Waals surface area (Å²) >= 11 is 0. The van der Waals surface area contributed by atoms with Crippen LogP contribution in [0.3, 0.4) is 0 Å². The molecule has 2 heteroatoms. The molecule has 2 aromatic heterocycles. The van der Waals surface area contributed by atoms with Gasteiger partial charge in [-0.2, -0.15) is 0 Å². The van der Waals surface area contributed by atoms with Gasteiger partial charge in [0.2, 0.25) is 0 Å². The van der Waals surface area contributed by atoms with Crippen molar-refractivity contribution in [3.05, 3.63) is 175 Å². The first-order chi connectivity index (χ1) is 24.4. The zero-order chi connectivity index (χ0) is 33.7. The van der Waals surface area contributed by atoms with Gasteiger partial charge in [-0.15, -0.1) is 0 Å². The highest BCUT2D eigenvalue weighted by Gasteiger charge is 2.38. The second kappa shape index (κ2) is 10.5. The molecule has 0 saturated carbocycles. The molecule has 238 valence electrons. The number of allylic oxidation sites excluding steroid dienone is 5. The Labute approximate surface area is 292 Å². The molecule has 3 heterocycles. The summed E-state index contributed by atoms with van der Waals surface area (Å²) in [6, 6.07) is 41.4. The van der Waals surface area contributed by atoms with Gasteiger partial charge in [-0.3, -0.25) is 4.98 Å². The summed E-state index contributed by atoms with van der Waals surface area (Å²) in [7, 11) is 0. The fourth-order valence-electron chi connectivity index (χ4n) is 8.76. The van der Waals surface area contributed by atoms with Crippen molar-refractivity contribution in [2.75, 3.05) is 0 Å². The van der Waals surface area contributed by atoms with Crippen LogP contribution >= 0.6 is 0 Å². The molecular formula is C48H36N2. The van der Waals surface area contributed by atoms with Crippen LogP contribution in [-0.2, 0) is 5.41 Å². The Morgan fingerprint density at radius 3 is 2.36 bits per heavy atom. The molecule has 2 aliphatic rings. The first kappa shape index (κ1) is 29.0. The largest absolute Gasteiger partial charge is 0.309 e. The van der Waals surface area contributed by atoms with Crippen LogP contribution in [0.5, 0.6) is 0 Å². The number of hydrogen-bond donors (Lipinski definition) is 0. The van der Waals surface area contributed by atoms with Crippen molar-refractivity contribution in [3.8, 4) is 27.9 Å². The van der Waals surface area contributed by atoms with Crippen molar-refractivity contribution in [1.82, 2.24) is 9.55 Å². The highest BCUT2D eigenvalue weighted by molar-refractivity contribution is 6.19. The molecule has 1 atom stereocenters. The number of fused-ring (bicyclic) bond motifs is 8. The van der Waals surface area contributed by atoms with E-state index in [9.17, 15) is 0 Å². The Morgan fingerprint density at radius 2 is 1.54 bits per heavy atom. The van der Waals surface area contributed by atoms with Crippen LogP contribution in [0.25, 0.3) is 76.9 Å². The van der Waals surface area contributed by atoms with E-state index >= 15 is 0 Å². The molecule has 8 aromatic rings. The van der Waals surface area contributed by atoms with Crippen molar-refractivity contribution in [2.24, 2.45) is 0 Å². The molecular weight excluding hydrogens is 605 g/mol. The van der Waals surface area contributed by atoms with Crippen molar-refractivity contribution < 1.29 is 0 Å². The van der Waals surface area contributed by atoms with Crippen molar-refractivity contribution in [1.29, 1.82) is 0 Å². The standard InChI is InChI=1S/C48H36N2/c1-5-6-7-14-39-29(2)30-15-16-33-26-44-42(25-36(33)20-30)46-43(48(44,3)4)18-17-40-41-24-31-11-8-9-12-32(31)27-45(41)50(47(40)46)38-22-35(21-37(39)23-38)34-13-10-19-49-28-34/h5-28,39H,2H2,1,3-4H3/b6-5-,14-7-. The summed E-state index contributed by atoms with van der Waals surface area (Å²) < 4.78 is 2.55. The van der Waals surface area contributed by atoms with Crippen LogP contribution in [0.4, 0.5) is 0 Å². The monoisotopic (exact) mass is 640 g/mol.